The molecule has 1 N–H and O–H groups in total. The van der Waals surface area contributed by atoms with Gasteiger partial charge in [-0.25, -0.2) is 0 Å². The van der Waals surface area contributed by atoms with E-state index in [-0.39, 0.29) is 6.92 Å². The smallest absolute Gasteiger partial charge is 0.387 e. The highest BCUT2D eigenvalue weighted by molar-refractivity contribution is 5.11. The minimum Gasteiger partial charge on any atom is -0.387 e. The molecule has 0 aliphatic heterocycles. The van der Waals surface area contributed by atoms with E-state index in [1.807, 2.05) is 0 Å². The van der Waals surface area contributed by atoms with Gasteiger partial charge in [-0.15, -0.1) is 0 Å². The first-order valence-electron chi connectivity index (χ1n) is 4.83. The predicted molar refractivity (Wildman–Crippen MR) is 42.5 cm³/mol. The van der Waals surface area contributed by atoms with Gasteiger partial charge in [0.05, 0.1) is 0 Å². The first-order valence-corrected chi connectivity index (χ1v) is 4.83. The first kappa shape index (κ1) is 21.0. The molecule has 0 rings (SSSR count). The fraction of sp³-hybridized carbons (Fsp3) is 1.00. The lowest BCUT2D eigenvalue weighted by atomic mass is 9.92. The van der Waals surface area contributed by atoms with Crippen molar-refractivity contribution in [1.82, 2.24) is 0 Å². The van der Waals surface area contributed by atoms with E-state index in [1.165, 1.54) is 0 Å². The molecule has 0 aliphatic carbocycles. The van der Waals surface area contributed by atoms with Crippen molar-refractivity contribution in [3.05, 3.63) is 0 Å². The van der Waals surface area contributed by atoms with E-state index in [1.54, 1.807) is 0 Å². The van der Waals surface area contributed by atoms with Crippen LogP contribution in [0.15, 0.2) is 0 Å². The number of alkyl halides is 13. The van der Waals surface area contributed by atoms with Crippen molar-refractivity contribution in [1.29, 1.82) is 0 Å². The maximum Gasteiger partial charge on any atom is 0.460 e. The number of hydrogen-bond acceptors (Lipinski definition) is 1. The third-order valence-corrected chi connectivity index (χ3v) is 2.48. The van der Waals surface area contributed by atoms with Gasteiger partial charge in [-0.05, 0) is 6.92 Å². The molecule has 1 atom stereocenters. The fourth-order valence-electron chi connectivity index (χ4n) is 1.04. The summed E-state index contributed by atoms with van der Waals surface area (Å²) in [5, 5.41) is 8.19. The Kier molecular flexibility index (Phi) is 4.81. The minimum atomic E-state index is -7.93. The Hall–Kier alpha value is -0.950. The molecule has 0 saturated heterocycles. The van der Waals surface area contributed by atoms with Crippen LogP contribution < -0.4 is 0 Å². The molecule has 0 heterocycles. The van der Waals surface area contributed by atoms with Crippen molar-refractivity contribution in [2.75, 3.05) is 0 Å². The maximum atomic E-state index is 12.8. The van der Waals surface area contributed by atoms with Crippen molar-refractivity contribution >= 4 is 0 Å². The van der Waals surface area contributed by atoms with Crippen LogP contribution in [0.2, 0.25) is 0 Å². The van der Waals surface area contributed by atoms with Crippen LogP contribution >= 0.6 is 0 Å². The maximum absolute atomic E-state index is 12.8. The number of hydrogen-bond donors (Lipinski definition) is 1. The van der Waals surface area contributed by atoms with E-state index in [9.17, 15) is 57.1 Å². The number of aliphatic hydroxyl groups is 1. The molecule has 0 saturated carbocycles. The first-order chi connectivity index (χ1) is 9.19. The highest BCUT2D eigenvalue weighted by Gasteiger charge is 2.91. The highest BCUT2D eigenvalue weighted by atomic mass is 19.4. The summed E-state index contributed by atoms with van der Waals surface area (Å²) in [6.07, 6.45) is -11.2. The molecule has 0 amide bonds. The second-order valence-corrected chi connectivity index (χ2v) is 4.09. The largest absolute Gasteiger partial charge is 0.460 e. The Morgan fingerprint density at radius 1 is 0.545 bits per heavy atom. The van der Waals surface area contributed by atoms with Gasteiger partial charge in [-0.1, -0.05) is 0 Å². The number of rotatable bonds is 5. The van der Waals surface area contributed by atoms with Crippen LogP contribution in [-0.4, -0.2) is 47.0 Å². The molecule has 1 unspecified atom stereocenters. The summed E-state index contributed by atoms with van der Waals surface area (Å²) in [5.41, 5.74) is 0. The SMILES string of the molecule is CC(O)C(F)(F)C(F)(F)C(F)(F)C(F)(F)C(F)(F)C(F)(F)F. The Bertz CT molecular complexity index is 407. The number of halogens is 13. The van der Waals surface area contributed by atoms with Crippen molar-refractivity contribution < 1.29 is 62.2 Å². The molecule has 0 radical (unpaired) electrons. The molecule has 0 aromatic carbocycles. The molecule has 0 aromatic heterocycles. The van der Waals surface area contributed by atoms with Gasteiger partial charge < -0.3 is 5.11 Å². The zero-order chi connectivity index (χ0) is 18.6. The third-order valence-electron chi connectivity index (χ3n) is 2.48. The average molecular weight is 364 g/mol. The monoisotopic (exact) mass is 364 g/mol. The van der Waals surface area contributed by atoms with E-state index >= 15 is 0 Å². The Labute approximate surface area is 112 Å². The van der Waals surface area contributed by atoms with Crippen molar-refractivity contribution in [3.63, 3.8) is 0 Å². The molecule has 0 aliphatic rings. The van der Waals surface area contributed by atoms with Crippen molar-refractivity contribution in [2.24, 2.45) is 0 Å². The summed E-state index contributed by atoms with van der Waals surface area (Å²) in [5.74, 6) is -37.4. The highest BCUT2D eigenvalue weighted by Crippen LogP contribution is 2.60. The van der Waals surface area contributed by atoms with Gasteiger partial charge in [-0.2, -0.15) is 57.1 Å². The van der Waals surface area contributed by atoms with Gasteiger partial charge in [-0.3, -0.25) is 0 Å². The molecule has 22 heavy (non-hydrogen) atoms. The molecular formula is C8H5F13O. The Morgan fingerprint density at radius 3 is 1.05 bits per heavy atom. The lowest BCUT2D eigenvalue weighted by Crippen LogP contribution is -2.71. The molecule has 0 spiro atoms. The summed E-state index contributed by atoms with van der Waals surface area (Å²) in [6, 6.07) is 0. The topological polar surface area (TPSA) is 20.2 Å². The summed E-state index contributed by atoms with van der Waals surface area (Å²) in [4.78, 5) is 0. The molecule has 0 aromatic rings. The lowest BCUT2D eigenvalue weighted by Gasteiger charge is -2.40. The minimum absolute atomic E-state index is 0.288. The van der Waals surface area contributed by atoms with E-state index < -0.39 is 41.9 Å². The van der Waals surface area contributed by atoms with Gasteiger partial charge in [0.2, 0.25) is 0 Å². The third kappa shape index (κ3) is 2.48. The fourth-order valence-corrected chi connectivity index (χ4v) is 1.04. The number of aliphatic hydroxyl groups excluding tert-OH is 1. The Balaban J connectivity index is 6.24. The van der Waals surface area contributed by atoms with Crippen LogP contribution in [-0.2, 0) is 0 Å². The normalized spacial score (nSPS) is 17.6. The van der Waals surface area contributed by atoms with Gasteiger partial charge >= 0.3 is 35.8 Å². The molecule has 14 heteroatoms. The predicted octanol–water partition coefficient (Wildman–Crippen LogP) is 4.11. The van der Waals surface area contributed by atoms with E-state index in [2.05, 4.69) is 0 Å². The van der Waals surface area contributed by atoms with Crippen LogP contribution in [0.25, 0.3) is 0 Å². The van der Waals surface area contributed by atoms with Gasteiger partial charge in [0.25, 0.3) is 0 Å². The summed E-state index contributed by atoms with van der Waals surface area (Å²) < 4.78 is 162. The van der Waals surface area contributed by atoms with Gasteiger partial charge in [0.15, 0.2) is 0 Å². The van der Waals surface area contributed by atoms with Crippen LogP contribution in [0.5, 0.6) is 0 Å². The second kappa shape index (κ2) is 5.03. The summed E-state index contributed by atoms with van der Waals surface area (Å²) in [6.45, 7) is -0.288. The molecule has 1 nitrogen and oxygen atoms in total. The van der Waals surface area contributed by atoms with Crippen LogP contribution in [0.4, 0.5) is 57.1 Å². The van der Waals surface area contributed by atoms with Crippen LogP contribution in [0.1, 0.15) is 6.92 Å². The van der Waals surface area contributed by atoms with Crippen LogP contribution in [0.3, 0.4) is 0 Å². The summed E-state index contributed by atoms with van der Waals surface area (Å²) >= 11 is 0. The van der Waals surface area contributed by atoms with E-state index in [0.29, 0.717) is 0 Å². The Morgan fingerprint density at radius 2 is 0.818 bits per heavy atom. The van der Waals surface area contributed by atoms with Gasteiger partial charge in [0, 0.05) is 0 Å². The summed E-state index contributed by atoms with van der Waals surface area (Å²) in [7, 11) is 0. The van der Waals surface area contributed by atoms with E-state index in [0.717, 1.165) is 0 Å². The lowest BCUT2D eigenvalue weighted by molar-refractivity contribution is -0.443. The zero-order valence-electron chi connectivity index (χ0n) is 9.94. The standard InChI is InChI=1S/C8H5F13O/c1-2(22)3(9,10)4(11,12)5(13,14)6(15,16)7(17,18)8(19,20)21/h2,22H,1H3. The second-order valence-electron chi connectivity index (χ2n) is 4.09. The molecule has 0 fully saturated rings. The van der Waals surface area contributed by atoms with E-state index in [4.69, 9.17) is 5.11 Å². The molecule has 134 valence electrons. The van der Waals surface area contributed by atoms with Crippen molar-refractivity contribution in [2.45, 2.75) is 48.8 Å². The van der Waals surface area contributed by atoms with Gasteiger partial charge in [0.1, 0.15) is 6.10 Å². The van der Waals surface area contributed by atoms with Crippen LogP contribution in [0, 0.1) is 0 Å². The van der Waals surface area contributed by atoms with Crippen molar-refractivity contribution in [3.8, 4) is 0 Å². The zero-order valence-corrected chi connectivity index (χ0v) is 9.94. The quantitative estimate of drug-likeness (QED) is 0.729. The molecule has 0 bridgehead atoms. The average Bonchev–Trinajstić information content (AvgIpc) is 2.25. The molecular weight excluding hydrogens is 359 g/mol.